The van der Waals surface area contributed by atoms with Gasteiger partial charge in [0.25, 0.3) is 0 Å². The number of aliphatic hydroxyl groups is 1. The molecule has 2 atom stereocenters. The summed E-state index contributed by atoms with van der Waals surface area (Å²) in [6.07, 6.45) is -1.76. The summed E-state index contributed by atoms with van der Waals surface area (Å²) >= 11 is 0. The fourth-order valence-corrected chi connectivity index (χ4v) is 2.29. The van der Waals surface area contributed by atoms with Gasteiger partial charge < -0.3 is 14.7 Å². The second-order valence-electron chi connectivity index (χ2n) is 5.54. The summed E-state index contributed by atoms with van der Waals surface area (Å²) in [6, 6.07) is 0. The van der Waals surface area contributed by atoms with Crippen molar-refractivity contribution in [2.45, 2.75) is 46.1 Å². The number of nitrogens with zero attached hydrogens (tertiary/aromatic N) is 1. The van der Waals surface area contributed by atoms with Gasteiger partial charge in [-0.3, -0.25) is 4.79 Å². The molecule has 0 bridgehead atoms. The number of ether oxygens (including phenoxy) is 1. The Morgan fingerprint density at radius 3 is 2.59 bits per heavy atom. The van der Waals surface area contributed by atoms with E-state index in [1.165, 1.54) is 4.90 Å². The number of amides is 1. The van der Waals surface area contributed by atoms with E-state index in [2.05, 4.69) is 0 Å². The maximum atomic E-state index is 14.1. The highest BCUT2D eigenvalue weighted by atomic mass is 19.1. The van der Waals surface area contributed by atoms with Crippen LogP contribution < -0.4 is 0 Å². The van der Waals surface area contributed by atoms with Crippen molar-refractivity contribution < 1.29 is 19.0 Å². The van der Waals surface area contributed by atoms with Gasteiger partial charge in [-0.15, -0.1) is 0 Å². The Labute approximate surface area is 102 Å². The van der Waals surface area contributed by atoms with Gasteiger partial charge in [0.05, 0.1) is 18.8 Å². The summed E-state index contributed by atoms with van der Waals surface area (Å²) in [5.41, 5.74) is -0.452. The molecular weight excluding hydrogens is 225 g/mol. The lowest BCUT2D eigenvalue weighted by Gasteiger charge is -2.46. The molecule has 0 aromatic rings. The van der Waals surface area contributed by atoms with Crippen molar-refractivity contribution in [2.75, 3.05) is 19.7 Å². The largest absolute Gasteiger partial charge is 0.387 e. The Morgan fingerprint density at radius 1 is 1.59 bits per heavy atom. The number of carbonyl (C=O) groups is 1. The van der Waals surface area contributed by atoms with E-state index in [4.69, 9.17) is 9.84 Å². The van der Waals surface area contributed by atoms with E-state index >= 15 is 0 Å². The number of piperidine rings is 1. The smallest absolute Gasteiger partial charge is 0.248 e. The van der Waals surface area contributed by atoms with Gasteiger partial charge in [-0.2, -0.15) is 0 Å². The summed E-state index contributed by atoms with van der Waals surface area (Å²) in [5.74, 6) is -0.427. The first-order valence-electron chi connectivity index (χ1n) is 5.96. The average Bonchev–Trinajstić information content (AvgIpc) is 2.21. The van der Waals surface area contributed by atoms with Gasteiger partial charge in [-0.1, -0.05) is 13.8 Å². The molecule has 5 heteroatoms. The number of alkyl halides is 1. The van der Waals surface area contributed by atoms with E-state index in [0.29, 0.717) is 6.54 Å². The molecule has 1 aliphatic rings. The number of likely N-dealkylation sites (tertiary alicyclic amines) is 1. The zero-order chi connectivity index (χ0) is 13.2. The van der Waals surface area contributed by atoms with E-state index in [1.807, 2.05) is 27.7 Å². The third-order valence-electron chi connectivity index (χ3n) is 3.00. The van der Waals surface area contributed by atoms with Crippen molar-refractivity contribution in [3.8, 4) is 0 Å². The number of aliphatic hydroxyl groups excluding tert-OH is 1. The SMILES string of the molecule is CC(C)OC1C(F)CN(C(=O)CO)CC1(C)C. The molecule has 1 N–H and O–H groups in total. The highest BCUT2D eigenvalue weighted by Gasteiger charge is 2.45. The van der Waals surface area contributed by atoms with Crippen LogP contribution in [0.2, 0.25) is 0 Å². The highest BCUT2D eigenvalue weighted by Crippen LogP contribution is 2.34. The number of hydrogen-bond acceptors (Lipinski definition) is 3. The van der Waals surface area contributed by atoms with Gasteiger partial charge in [0.1, 0.15) is 12.8 Å². The van der Waals surface area contributed by atoms with E-state index in [-0.39, 0.29) is 12.6 Å². The summed E-state index contributed by atoms with van der Waals surface area (Å²) < 4.78 is 19.7. The summed E-state index contributed by atoms with van der Waals surface area (Å²) in [5, 5.41) is 8.81. The molecule has 2 unspecified atom stereocenters. The van der Waals surface area contributed by atoms with Crippen LogP contribution in [-0.4, -0.2) is 54.0 Å². The van der Waals surface area contributed by atoms with Crippen LogP contribution in [0.25, 0.3) is 0 Å². The second-order valence-corrected chi connectivity index (χ2v) is 5.54. The molecule has 0 radical (unpaired) electrons. The Kier molecular flexibility index (Phi) is 4.49. The van der Waals surface area contributed by atoms with Crippen LogP contribution in [0.4, 0.5) is 4.39 Å². The Bertz CT molecular complexity index is 281. The number of halogens is 1. The summed E-state index contributed by atoms with van der Waals surface area (Å²) in [4.78, 5) is 12.8. The molecule has 1 heterocycles. The van der Waals surface area contributed by atoms with Crippen LogP contribution in [0.5, 0.6) is 0 Å². The Hall–Kier alpha value is -0.680. The molecule has 0 aromatic carbocycles. The van der Waals surface area contributed by atoms with Gasteiger partial charge in [-0.05, 0) is 13.8 Å². The van der Waals surface area contributed by atoms with Gasteiger partial charge in [0.2, 0.25) is 5.91 Å². The minimum atomic E-state index is -1.21. The molecular formula is C12H22FNO3. The van der Waals surface area contributed by atoms with E-state index in [0.717, 1.165) is 0 Å². The predicted octanol–water partition coefficient (Wildman–Crippen LogP) is 0.979. The predicted molar refractivity (Wildman–Crippen MR) is 62.4 cm³/mol. The molecule has 1 amide bonds. The molecule has 100 valence electrons. The lowest BCUT2D eigenvalue weighted by atomic mass is 9.80. The van der Waals surface area contributed by atoms with Crippen molar-refractivity contribution in [2.24, 2.45) is 5.41 Å². The van der Waals surface area contributed by atoms with Crippen molar-refractivity contribution in [3.05, 3.63) is 0 Å². The zero-order valence-corrected chi connectivity index (χ0v) is 10.9. The van der Waals surface area contributed by atoms with Crippen LogP contribution in [0.3, 0.4) is 0 Å². The molecule has 0 spiro atoms. The molecule has 4 nitrogen and oxygen atoms in total. The van der Waals surface area contributed by atoms with Crippen LogP contribution >= 0.6 is 0 Å². The summed E-state index contributed by atoms with van der Waals surface area (Å²) in [7, 11) is 0. The van der Waals surface area contributed by atoms with Gasteiger partial charge >= 0.3 is 0 Å². The fraction of sp³-hybridized carbons (Fsp3) is 0.917. The van der Waals surface area contributed by atoms with Gasteiger partial charge in [0.15, 0.2) is 0 Å². The molecule has 1 rings (SSSR count). The minimum absolute atomic E-state index is 0.000208. The maximum Gasteiger partial charge on any atom is 0.248 e. The number of hydrogen-bond donors (Lipinski definition) is 1. The minimum Gasteiger partial charge on any atom is -0.387 e. The quantitative estimate of drug-likeness (QED) is 0.808. The Morgan fingerprint density at radius 2 is 2.18 bits per heavy atom. The van der Waals surface area contributed by atoms with Crippen LogP contribution in [0, 0.1) is 5.41 Å². The molecule has 1 saturated heterocycles. The topological polar surface area (TPSA) is 49.8 Å². The lowest BCUT2D eigenvalue weighted by molar-refractivity contribution is -0.158. The normalized spacial score (nSPS) is 28.5. The van der Waals surface area contributed by atoms with Crippen molar-refractivity contribution in [1.82, 2.24) is 4.90 Å². The van der Waals surface area contributed by atoms with Crippen LogP contribution in [0.15, 0.2) is 0 Å². The van der Waals surface area contributed by atoms with E-state index in [9.17, 15) is 9.18 Å². The second kappa shape index (κ2) is 5.31. The van der Waals surface area contributed by atoms with E-state index < -0.39 is 30.2 Å². The van der Waals surface area contributed by atoms with Gasteiger partial charge in [-0.25, -0.2) is 4.39 Å². The van der Waals surface area contributed by atoms with E-state index in [1.54, 1.807) is 0 Å². The van der Waals surface area contributed by atoms with Crippen LogP contribution in [0.1, 0.15) is 27.7 Å². The maximum absolute atomic E-state index is 14.1. The van der Waals surface area contributed by atoms with Crippen molar-refractivity contribution >= 4 is 5.91 Å². The van der Waals surface area contributed by atoms with Gasteiger partial charge in [0, 0.05) is 12.0 Å². The summed E-state index contributed by atoms with van der Waals surface area (Å²) in [6.45, 7) is 7.33. The van der Waals surface area contributed by atoms with Crippen LogP contribution in [-0.2, 0) is 9.53 Å². The third-order valence-corrected chi connectivity index (χ3v) is 3.00. The molecule has 0 saturated carbocycles. The number of carbonyl (C=O) groups excluding carboxylic acids is 1. The monoisotopic (exact) mass is 247 g/mol. The first-order chi connectivity index (χ1) is 7.77. The first kappa shape index (κ1) is 14.4. The fourth-order valence-electron chi connectivity index (χ4n) is 2.29. The molecule has 1 aliphatic heterocycles. The first-order valence-corrected chi connectivity index (χ1v) is 5.96. The highest BCUT2D eigenvalue weighted by molar-refractivity contribution is 5.77. The molecule has 1 fully saturated rings. The number of rotatable bonds is 3. The standard InChI is InChI=1S/C12H22FNO3/c1-8(2)17-11-9(13)5-14(10(16)6-15)7-12(11,3)4/h8-9,11,15H,5-7H2,1-4H3. The van der Waals surface area contributed by atoms with Crippen molar-refractivity contribution in [3.63, 3.8) is 0 Å². The zero-order valence-electron chi connectivity index (χ0n) is 10.9. The molecule has 0 aromatic heterocycles. The molecule has 17 heavy (non-hydrogen) atoms. The Balaban J connectivity index is 2.77. The lowest BCUT2D eigenvalue weighted by Crippen LogP contribution is -2.58. The average molecular weight is 247 g/mol. The molecule has 0 aliphatic carbocycles. The van der Waals surface area contributed by atoms with Crippen molar-refractivity contribution in [1.29, 1.82) is 0 Å². The third kappa shape index (κ3) is 3.39.